The molecule has 1 rings (SSSR count). The van der Waals surface area contributed by atoms with Crippen LogP contribution in [0.15, 0.2) is 24.3 Å². The topological polar surface area (TPSA) is 49.3 Å². The molecule has 0 fully saturated rings. The second-order valence-electron chi connectivity index (χ2n) is 4.49. The number of hydrogen-bond donors (Lipinski definition) is 2. The summed E-state index contributed by atoms with van der Waals surface area (Å²) in [4.78, 5) is 11.7. The highest BCUT2D eigenvalue weighted by Gasteiger charge is 2.02. The summed E-state index contributed by atoms with van der Waals surface area (Å²) in [5, 5.41) is 11.7. The molecular weight excluding hydrogens is 238 g/mol. The van der Waals surface area contributed by atoms with E-state index in [1.54, 1.807) is 0 Å². The first kappa shape index (κ1) is 15.3. The molecular formula is C16H21NO2. The molecule has 3 nitrogen and oxygen atoms in total. The molecule has 0 aliphatic rings. The number of nitrogens with one attached hydrogen (secondary N) is 1. The molecule has 0 aliphatic carbocycles. The number of terminal acetylenes is 1. The first-order chi connectivity index (χ1) is 9.26. The number of aryl methyl sites for hydroxylation is 1. The molecule has 2 N–H and O–H groups in total. The molecule has 1 aromatic rings. The molecule has 0 saturated heterocycles. The van der Waals surface area contributed by atoms with Crippen LogP contribution in [0, 0.1) is 12.3 Å². The molecule has 0 atom stereocenters. The highest BCUT2D eigenvalue weighted by molar-refractivity contribution is 5.90. The van der Waals surface area contributed by atoms with Gasteiger partial charge in [-0.2, -0.15) is 0 Å². The summed E-state index contributed by atoms with van der Waals surface area (Å²) >= 11 is 0. The molecule has 0 saturated carbocycles. The van der Waals surface area contributed by atoms with Crippen molar-refractivity contribution < 1.29 is 9.90 Å². The van der Waals surface area contributed by atoms with Gasteiger partial charge in [0.2, 0.25) is 5.91 Å². The van der Waals surface area contributed by atoms with E-state index in [2.05, 4.69) is 11.2 Å². The Kier molecular flexibility index (Phi) is 7.38. The number of unbranched alkanes of at least 4 members (excludes halogenated alkanes) is 2. The van der Waals surface area contributed by atoms with Gasteiger partial charge in [-0.25, -0.2) is 0 Å². The Labute approximate surface area is 115 Å². The van der Waals surface area contributed by atoms with Crippen LogP contribution in [0.2, 0.25) is 0 Å². The predicted molar refractivity (Wildman–Crippen MR) is 77.8 cm³/mol. The molecule has 1 amide bonds. The van der Waals surface area contributed by atoms with E-state index in [0.717, 1.165) is 43.4 Å². The molecule has 0 spiro atoms. The summed E-state index contributed by atoms with van der Waals surface area (Å²) in [6.45, 7) is 0.186. The third-order valence-corrected chi connectivity index (χ3v) is 2.81. The van der Waals surface area contributed by atoms with Crippen LogP contribution in [0.1, 0.15) is 37.7 Å². The van der Waals surface area contributed by atoms with E-state index in [4.69, 9.17) is 11.5 Å². The van der Waals surface area contributed by atoms with Crippen LogP contribution < -0.4 is 5.32 Å². The van der Waals surface area contributed by atoms with Crippen LogP contribution in [-0.4, -0.2) is 17.6 Å². The van der Waals surface area contributed by atoms with E-state index in [1.807, 2.05) is 24.3 Å². The van der Waals surface area contributed by atoms with E-state index < -0.39 is 0 Å². The van der Waals surface area contributed by atoms with Crippen molar-refractivity contribution in [3.05, 3.63) is 29.8 Å². The molecule has 0 aliphatic heterocycles. The number of rotatable bonds is 8. The summed E-state index contributed by atoms with van der Waals surface area (Å²) in [6.07, 6.45) is 9.66. The number of aliphatic hydroxyl groups is 1. The van der Waals surface area contributed by atoms with Crippen molar-refractivity contribution in [1.29, 1.82) is 0 Å². The lowest BCUT2D eigenvalue weighted by molar-refractivity contribution is -0.116. The minimum atomic E-state index is 0.0244. The first-order valence-corrected chi connectivity index (χ1v) is 6.69. The van der Waals surface area contributed by atoms with E-state index in [0.29, 0.717) is 6.42 Å². The summed E-state index contributed by atoms with van der Waals surface area (Å²) < 4.78 is 0. The van der Waals surface area contributed by atoms with Gasteiger partial charge in [-0.1, -0.05) is 12.1 Å². The van der Waals surface area contributed by atoms with Crippen molar-refractivity contribution in [2.24, 2.45) is 0 Å². The van der Waals surface area contributed by atoms with Crippen LogP contribution in [0.5, 0.6) is 0 Å². The molecule has 102 valence electrons. The van der Waals surface area contributed by atoms with Gasteiger partial charge in [0.15, 0.2) is 0 Å². The number of hydrogen-bond acceptors (Lipinski definition) is 2. The van der Waals surface area contributed by atoms with Crippen molar-refractivity contribution in [3.8, 4) is 12.3 Å². The third-order valence-electron chi connectivity index (χ3n) is 2.81. The third kappa shape index (κ3) is 6.64. The normalized spacial score (nSPS) is 9.89. The average molecular weight is 259 g/mol. The molecule has 0 bridgehead atoms. The molecule has 0 unspecified atom stereocenters. The highest BCUT2D eigenvalue weighted by atomic mass is 16.2. The van der Waals surface area contributed by atoms with E-state index >= 15 is 0 Å². The van der Waals surface area contributed by atoms with Gasteiger partial charge in [-0.05, 0) is 43.4 Å². The fraction of sp³-hybridized carbons (Fsp3) is 0.438. The largest absolute Gasteiger partial charge is 0.396 e. The lowest BCUT2D eigenvalue weighted by atomic mass is 10.1. The Morgan fingerprint density at radius 3 is 2.89 bits per heavy atom. The van der Waals surface area contributed by atoms with Crippen molar-refractivity contribution >= 4 is 11.6 Å². The number of amides is 1. The van der Waals surface area contributed by atoms with E-state index in [1.165, 1.54) is 0 Å². The summed E-state index contributed by atoms with van der Waals surface area (Å²) in [5.41, 5.74) is 1.94. The zero-order valence-corrected chi connectivity index (χ0v) is 11.2. The molecule has 19 heavy (non-hydrogen) atoms. The van der Waals surface area contributed by atoms with Crippen molar-refractivity contribution in [1.82, 2.24) is 0 Å². The fourth-order valence-electron chi connectivity index (χ4n) is 1.82. The zero-order chi connectivity index (χ0) is 13.9. The smallest absolute Gasteiger partial charge is 0.224 e. The Morgan fingerprint density at radius 2 is 2.16 bits per heavy atom. The summed E-state index contributed by atoms with van der Waals surface area (Å²) in [7, 11) is 0. The highest BCUT2D eigenvalue weighted by Crippen LogP contribution is 2.13. The van der Waals surface area contributed by atoms with E-state index in [9.17, 15) is 4.79 Å². The van der Waals surface area contributed by atoms with Crippen molar-refractivity contribution in [2.75, 3.05) is 11.9 Å². The number of carbonyl (C=O) groups is 1. The maximum atomic E-state index is 11.7. The lowest BCUT2D eigenvalue weighted by Gasteiger charge is -2.07. The quantitative estimate of drug-likeness (QED) is 0.557. The molecule has 1 aromatic carbocycles. The van der Waals surface area contributed by atoms with Crippen molar-refractivity contribution in [2.45, 2.75) is 38.5 Å². The van der Waals surface area contributed by atoms with Gasteiger partial charge in [-0.3, -0.25) is 4.79 Å². The van der Waals surface area contributed by atoms with Crippen LogP contribution in [-0.2, 0) is 11.2 Å². The Hall–Kier alpha value is -1.79. The maximum absolute atomic E-state index is 11.7. The minimum absolute atomic E-state index is 0.0244. The maximum Gasteiger partial charge on any atom is 0.224 e. The van der Waals surface area contributed by atoms with Crippen LogP contribution in [0.3, 0.4) is 0 Å². The minimum Gasteiger partial charge on any atom is -0.396 e. The SMILES string of the molecule is C#CCCCCC(=O)Nc1cccc(CCCO)c1. The summed E-state index contributed by atoms with van der Waals surface area (Å²) in [5.74, 6) is 2.59. The average Bonchev–Trinajstić information content (AvgIpc) is 2.42. The Bertz CT molecular complexity index is 435. The van der Waals surface area contributed by atoms with Crippen LogP contribution >= 0.6 is 0 Å². The first-order valence-electron chi connectivity index (χ1n) is 6.69. The predicted octanol–water partition coefficient (Wildman–Crippen LogP) is 2.74. The second-order valence-corrected chi connectivity index (χ2v) is 4.49. The number of anilines is 1. The van der Waals surface area contributed by atoms with Gasteiger partial charge in [0.1, 0.15) is 0 Å². The van der Waals surface area contributed by atoms with Crippen molar-refractivity contribution in [3.63, 3.8) is 0 Å². The number of benzene rings is 1. The van der Waals surface area contributed by atoms with Crippen LogP contribution in [0.4, 0.5) is 5.69 Å². The standard InChI is InChI=1S/C16H21NO2/c1-2-3-4-5-11-16(19)17-15-10-6-8-14(13-15)9-7-12-18/h1,6,8,10,13,18H,3-5,7,9,11-12H2,(H,17,19). The van der Waals surface area contributed by atoms with Gasteiger partial charge in [-0.15, -0.1) is 12.3 Å². The monoisotopic (exact) mass is 259 g/mol. The molecule has 0 radical (unpaired) electrons. The Balaban J connectivity index is 2.39. The van der Waals surface area contributed by atoms with Gasteiger partial charge in [0.25, 0.3) is 0 Å². The number of aliphatic hydroxyl groups excluding tert-OH is 1. The lowest BCUT2D eigenvalue weighted by Crippen LogP contribution is -2.11. The Morgan fingerprint density at radius 1 is 1.32 bits per heavy atom. The van der Waals surface area contributed by atoms with Gasteiger partial charge in [0.05, 0.1) is 0 Å². The second kappa shape index (κ2) is 9.18. The van der Waals surface area contributed by atoms with E-state index in [-0.39, 0.29) is 12.5 Å². The molecule has 3 heteroatoms. The van der Waals surface area contributed by atoms with Crippen LogP contribution in [0.25, 0.3) is 0 Å². The zero-order valence-electron chi connectivity index (χ0n) is 11.2. The fourth-order valence-corrected chi connectivity index (χ4v) is 1.82. The van der Waals surface area contributed by atoms with Gasteiger partial charge in [0, 0.05) is 25.1 Å². The number of carbonyl (C=O) groups excluding carboxylic acids is 1. The molecule has 0 heterocycles. The van der Waals surface area contributed by atoms with Gasteiger partial charge >= 0.3 is 0 Å². The summed E-state index contributed by atoms with van der Waals surface area (Å²) in [6, 6.07) is 7.75. The molecule has 0 aromatic heterocycles. The van der Waals surface area contributed by atoms with Gasteiger partial charge < -0.3 is 10.4 Å².